The first-order valence-corrected chi connectivity index (χ1v) is 7.59. The van der Waals surface area contributed by atoms with Crippen LogP contribution in [0.3, 0.4) is 0 Å². The number of halogens is 1. The van der Waals surface area contributed by atoms with E-state index < -0.39 is 11.9 Å². The Hall–Kier alpha value is -2.25. The normalized spacial score (nSPS) is 22.2. The van der Waals surface area contributed by atoms with Crippen molar-refractivity contribution in [3.63, 3.8) is 0 Å². The second kappa shape index (κ2) is 6.47. The molecule has 2 aromatic rings. The molecule has 6 nitrogen and oxygen atoms in total. The summed E-state index contributed by atoms with van der Waals surface area (Å²) >= 11 is 0. The zero-order valence-electron chi connectivity index (χ0n) is 12.7. The Morgan fingerprint density at radius 2 is 2.00 bits per heavy atom. The summed E-state index contributed by atoms with van der Waals surface area (Å²) in [6.45, 7) is 1.83. The Morgan fingerprint density at radius 1 is 1.26 bits per heavy atom. The predicted molar refractivity (Wildman–Crippen MR) is 87.0 cm³/mol. The molecular formula is C16H20FN5O. The highest BCUT2D eigenvalue weighted by molar-refractivity contribution is 5.36. The number of anilines is 1. The van der Waals surface area contributed by atoms with Crippen molar-refractivity contribution in [1.82, 2.24) is 14.5 Å². The number of alkyl halides is 1. The van der Waals surface area contributed by atoms with Crippen LogP contribution >= 0.6 is 0 Å². The molecule has 1 aromatic carbocycles. The van der Waals surface area contributed by atoms with Gasteiger partial charge in [0.05, 0.1) is 5.69 Å². The molecule has 7 heteroatoms. The van der Waals surface area contributed by atoms with Gasteiger partial charge >= 0.3 is 5.69 Å². The second-order valence-corrected chi connectivity index (χ2v) is 5.88. The molecule has 3 rings (SSSR count). The van der Waals surface area contributed by atoms with Gasteiger partial charge in [-0.1, -0.05) is 12.1 Å². The lowest BCUT2D eigenvalue weighted by molar-refractivity contribution is 0.114. The minimum atomic E-state index is -0.970. The molecule has 1 fully saturated rings. The molecule has 1 aromatic heterocycles. The first kappa shape index (κ1) is 15.6. The van der Waals surface area contributed by atoms with Gasteiger partial charge < -0.3 is 11.5 Å². The maximum Gasteiger partial charge on any atom is 0.354 e. The summed E-state index contributed by atoms with van der Waals surface area (Å²) in [5, 5.41) is 0. The van der Waals surface area contributed by atoms with Crippen molar-refractivity contribution in [1.29, 1.82) is 0 Å². The van der Waals surface area contributed by atoms with Gasteiger partial charge in [-0.3, -0.25) is 9.47 Å². The van der Waals surface area contributed by atoms with E-state index in [-0.39, 0.29) is 11.9 Å². The molecule has 0 aliphatic carbocycles. The molecule has 23 heavy (non-hydrogen) atoms. The summed E-state index contributed by atoms with van der Waals surface area (Å²) < 4.78 is 15.1. The number of rotatable bonds is 3. The summed E-state index contributed by atoms with van der Waals surface area (Å²) in [5.41, 5.74) is 12.5. The van der Waals surface area contributed by atoms with E-state index in [0.717, 1.165) is 17.8 Å². The number of hydrogen-bond acceptors (Lipinski definition) is 5. The molecule has 0 saturated carbocycles. The molecular weight excluding hydrogens is 297 g/mol. The van der Waals surface area contributed by atoms with Crippen molar-refractivity contribution in [3.8, 4) is 5.69 Å². The number of likely N-dealkylation sites (tertiary alicyclic amines) is 1. The van der Waals surface area contributed by atoms with Gasteiger partial charge in [0, 0.05) is 31.9 Å². The van der Waals surface area contributed by atoms with Crippen LogP contribution in [0, 0.1) is 0 Å². The lowest BCUT2D eigenvalue weighted by Gasteiger charge is -2.32. The standard InChI is InChI=1S/C16H20FN5O/c17-13-10-21(7-5-14(13)18)9-11-1-3-12(4-2-11)22-8-6-15(19)20-16(22)23/h1-4,6,8,13-14H,5,7,9-10,18H2,(H2,19,20,23)/t13-,14-/m1/s1. The van der Waals surface area contributed by atoms with Crippen molar-refractivity contribution in [2.75, 3.05) is 18.8 Å². The van der Waals surface area contributed by atoms with E-state index in [1.165, 1.54) is 4.57 Å². The largest absolute Gasteiger partial charge is 0.383 e. The minimum Gasteiger partial charge on any atom is -0.383 e. The quantitative estimate of drug-likeness (QED) is 0.869. The number of nitrogens with zero attached hydrogens (tertiary/aromatic N) is 3. The van der Waals surface area contributed by atoms with E-state index in [0.29, 0.717) is 19.5 Å². The van der Waals surface area contributed by atoms with E-state index in [4.69, 9.17) is 11.5 Å². The minimum absolute atomic E-state index is 0.201. The Morgan fingerprint density at radius 3 is 2.65 bits per heavy atom. The Bertz CT molecular complexity index is 730. The molecule has 0 unspecified atom stereocenters. The SMILES string of the molecule is Nc1ccn(-c2ccc(CN3CC[C@@H](N)[C@H](F)C3)cc2)c(=O)n1. The highest BCUT2D eigenvalue weighted by atomic mass is 19.1. The Balaban J connectivity index is 1.71. The van der Waals surface area contributed by atoms with E-state index >= 15 is 0 Å². The van der Waals surface area contributed by atoms with Crippen LogP contribution in [-0.2, 0) is 6.54 Å². The summed E-state index contributed by atoms with van der Waals surface area (Å²) in [5.74, 6) is 0.201. The maximum atomic E-state index is 13.7. The van der Waals surface area contributed by atoms with Gasteiger partial charge in [-0.25, -0.2) is 9.18 Å². The number of aromatic nitrogens is 2. The van der Waals surface area contributed by atoms with Crippen LogP contribution < -0.4 is 17.2 Å². The molecule has 122 valence electrons. The summed E-state index contributed by atoms with van der Waals surface area (Å²) in [4.78, 5) is 17.6. The highest BCUT2D eigenvalue weighted by Crippen LogP contribution is 2.16. The molecule has 0 bridgehead atoms. The van der Waals surface area contributed by atoms with E-state index in [1.54, 1.807) is 12.3 Å². The van der Waals surface area contributed by atoms with Crippen molar-refractivity contribution in [2.24, 2.45) is 5.73 Å². The summed E-state index contributed by atoms with van der Waals surface area (Å²) in [6, 6.07) is 8.78. The molecule has 0 radical (unpaired) electrons. The van der Waals surface area contributed by atoms with Gasteiger partial charge in [-0.2, -0.15) is 4.98 Å². The third kappa shape index (κ3) is 3.57. The van der Waals surface area contributed by atoms with Gasteiger partial charge in [-0.15, -0.1) is 0 Å². The highest BCUT2D eigenvalue weighted by Gasteiger charge is 2.26. The van der Waals surface area contributed by atoms with Gasteiger partial charge in [0.2, 0.25) is 0 Å². The molecule has 1 saturated heterocycles. The second-order valence-electron chi connectivity index (χ2n) is 5.88. The molecule has 0 spiro atoms. The number of benzene rings is 1. The van der Waals surface area contributed by atoms with Crippen LogP contribution in [0.2, 0.25) is 0 Å². The van der Waals surface area contributed by atoms with E-state index in [2.05, 4.69) is 9.88 Å². The number of nitrogens with two attached hydrogens (primary N) is 2. The Kier molecular flexibility index (Phi) is 4.40. The van der Waals surface area contributed by atoms with Gasteiger partial charge in [0.15, 0.2) is 0 Å². The lowest BCUT2D eigenvalue weighted by Crippen LogP contribution is -2.48. The molecule has 4 N–H and O–H groups in total. The van der Waals surface area contributed by atoms with Crippen LogP contribution in [0.25, 0.3) is 5.69 Å². The van der Waals surface area contributed by atoms with Crippen LogP contribution in [0.4, 0.5) is 10.2 Å². The smallest absolute Gasteiger partial charge is 0.354 e. The van der Waals surface area contributed by atoms with Crippen LogP contribution in [0.5, 0.6) is 0 Å². The zero-order chi connectivity index (χ0) is 16.4. The fraction of sp³-hybridized carbons (Fsp3) is 0.375. The van der Waals surface area contributed by atoms with Crippen molar-refractivity contribution < 1.29 is 4.39 Å². The number of nitrogen functional groups attached to an aromatic ring is 1. The third-order valence-electron chi connectivity index (χ3n) is 4.12. The summed E-state index contributed by atoms with van der Waals surface area (Å²) in [7, 11) is 0. The predicted octanol–water partition coefficient (Wildman–Crippen LogP) is 0.686. The van der Waals surface area contributed by atoms with Gasteiger partial charge in [0.1, 0.15) is 12.0 Å². The first-order chi connectivity index (χ1) is 11.0. The zero-order valence-corrected chi connectivity index (χ0v) is 12.7. The number of piperidine rings is 1. The Labute approximate surface area is 133 Å². The van der Waals surface area contributed by atoms with Crippen LogP contribution in [0.1, 0.15) is 12.0 Å². The molecule has 0 amide bonds. The first-order valence-electron chi connectivity index (χ1n) is 7.59. The monoisotopic (exact) mass is 317 g/mol. The van der Waals surface area contributed by atoms with Crippen LogP contribution in [-0.4, -0.2) is 39.8 Å². The topological polar surface area (TPSA) is 90.2 Å². The van der Waals surface area contributed by atoms with Gasteiger partial charge in [0.25, 0.3) is 0 Å². The lowest BCUT2D eigenvalue weighted by atomic mass is 10.0. The van der Waals surface area contributed by atoms with E-state index in [9.17, 15) is 9.18 Å². The fourth-order valence-electron chi connectivity index (χ4n) is 2.76. The average Bonchev–Trinajstić information content (AvgIpc) is 2.52. The third-order valence-corrected chi connectivity index (χ3v) is 4.12. The average molecular weight is 317 g/mol. The summed E-state index contributed by atoms with van der Waals surface area (Å²) in [6.07, 6.45) is 1.30. The molecule has 1 aliphatic heterocycles. The van der Waals surface area contributed by atoms with Crippen molar-refractivity contribution in [2.45, 2.75) is 25.2 Å². The molecule has 2 atom stereocenters. The van der Waals surface area contributed by atoms with Gasteiger partial charge in [-0.05, 0) is 30.2 Å². The maximum absolute atomic E-state index is 13.7. The number of hydrogen-bond donors (Lipinski definition) is 2. The van der Waals surface area contributed by atoms with Crippen LogP contribution in [0.15, 0.2) is 41.3 Å². The molecule has 2 heterocycles. The van der Waals surface area contributed by atoms with Crippen molar-refractivity contribution >= 4 is 5.82 Å². The molecule has 1 aliphatic rings. The van der Waals surface area contributed by atoms with E-state index in [1.807, 2.05) is 24.3 Å². The fourth-order valence-corrected chi connectivity index (χ4v) is 2.76. The van der Waals surface area contributed by atoms with Crippen molar-refractivity contribution in [3.05, 3.63) is 52.6 Å².